The summed E-state index contributed by atoms with van der Waals surface area (Å²) in [6, 6.07) is 7.73. The molecule has 1 aromatic carbocycles. The highest BCUT2D eigenvalue weighted by Crippen LogP contribution is 2.25. The fourth-order valence-electron chi connectivity index (χ4n) is 1.61. The van der Waals surface area contributed by atoms with E-state index in [1.54, 1.807) is 12.4 Å². The van der Waals surface area contributed by atoms with Crippen molar-refractivity contribution in [1.29, 1.82) is 0 Å². The number of oxazole rings is 1. The molecule has 6 heteroatoms. The molecule has 0 spiro atoms. The van der Waals surface area contributed by atoms with Crippen LogP contribution in [0.3, 0.4) is 0 Å². The quantitative estimate of drug-likeness (QED) is 0.737. The van der Waals surface area contributed by atoms with Gasteiger partial charge in [-0.2, -0.15) is 0 Å². The lowest BCUT2D eigenvalue weighted by atomic mass is 10.3. The Hall–Kier alpha value is -2.08. The van der Waals surface area contributed by atoms with Crippen molar-refractivity contribution in [2.75, 3.05) is 12.4 Å². The molecule has 96 valence electrons. The molecular formula is C13H12N4OS. The van der Waals surface area contributed by atoms with Gasteiger partial charge in [0, 0.05) is 12.8 Å². The Balaban J connectivity index is 1.70. The molecule has 0 fully saturated rings. The Morgan fingerprint density at radius 3 is 2.84 bits per heavy atom. The third-order valence-corrected chi connectivity index (χ3v) is 3.44. The molecular weight excluding hydrogens is 260 g/mol. The van der Waals surface area contributed by atoms with Crippen LogP contribution in [0, 0.1) is 0 Å². The fourth-order valence-corrected chi connectivity index (χ4v) is 2.34. The van der Waals surface area contributed by atoms with E-state index in [1.165, 1.54) is 11.8 Å². The largest absolute Gasteiger partial charge is 0.431 e. The van der Waals surface area contributed by atoms with Crippen LogP contribution in [0.5, 0.6) is 0 Å². The molecule has 3 rings (SSSR count). The van der Waals surface area contributed by atoms with Crippen LogP contribution in [0.15, 0.2) is 46.3 Å². The van der Waals surface area contributed by atoms with Gasteiger partial charge >= 0.3 is 0 Å². The van der Waals surface area contributed by atoms with Crippen molar-refractivity contribution in [1.82, 2.24) is 15.0 Å². The molecule has 2 aromatic heterocycles. The van der Waals surface area contributed by atoms with Crippen LogP contribution in [0.25, 0.3) is 11.1 Å². The number of aromatic nitrogens is 3. The van der Waals surface area contributed by atoms with E-state index in [0.29, 0.717) is 11.0 Å². The summed E-state index contributed by atoms with van der Waals surface area (Å²) in [5.74, 6) is 1.44. The minimum absolute atomic E-state index is 0.653. The fraction of sp³-hybridized carbons (Fsp3) is 0.154. The van der Waals surface area contributed by atoms with Crippen LogP contribution in [0.4, 0.5) is 5.82 Å². The van der Waals surface area contributed by atoms with Gasteiger partial charge in [-0.25, -0.2) is 9.97 Å². The second-order valence-electron chi connectivity index (χ2n) is 3.88. The molecule has 0 saturated carbocycles. The van der Waals surface area contributed by atoms with E-state index in [2.05, 4.69) is 20.3 Å². The van der Waals surface area contributed by atoms with Gasteiger partial charge in [0.25, 0.3) is 5.22 Å². The van der Waals surface area contributed by atoms with E-state index in [0.717, 1.165) is 22.6 Å². The zero-order valence-corrected chi connectivity index (χ0v) is 11.1. The second kappa shape index (κ2) is 5.27. The smallest absolute Gasteiger partial charge is 0.257 e. The lowest BCUT2D eigenvalue weighted by Crippen LogP contribution is -1.95. The van der Waals surface area contributed by atoms with Crippen molar-refractivity contribution >= 4 is 28.7 Å². The summed E-state index contributed by atoms with van der Waals surface area (Å²) in [7, 11) is 1.82. The van der Waals surface area contributed by atoms with Gasteiger partial charge in [0.1, 0.15) is 11.3 Å². The summed E-state index contributed by atoms with van der Waals surface area (Å²) in [5, 5.41) is 3.59. The molecule has 0 unspecified atom stereocenters. The van der Waals surface area contributed by atoms with E-state index in [9.17, 15) is 0 Å². The predicted octanol–water partition coefficient (Wildman–Crippen LogP) is 2.95. The van der Waals surface area contributed by atoms with E-state index < -0.39 is 0 Å². The molecule has 19 heavy (non-hydrogen) atoms. The Morgan fingerprint density at radius 1 is 1.21 bits per heavy atom. The van der Waals surface area contributed by atoms with Gasteiger partial charge in [0.15, 0.2) is 5.58 Å². The van der Waals surface area contributed by atoms with Crippen LogP contribution in [-0.2, 0) is 5.75 Å². The second-order valence-corrected chi connectivity index (χ2v) is 4.81. The average molecular weight is 272 g/mol. The van der Waals surface area contributed by atoms with Crippen molar-refractivity contribution < 1.29 is 4.42 Å². The molecule has 5 nitrogen and oxygen atoms in total. The highest BCUT2D eigenvalue weighted by atomic mass is 32.2. The molecule has 0 aliphatic carbocycles. The molecule has 2 heterocycles. The minimum atomic E-state index is 0.653. The van der Waals surface area contributed by atoms with Gasteiger partial charge in [0.05, 0.1) is 18.1 Å². The van der Waals surface area contributed by atoms with E-state index >= 15 is 0 Å². The first-order valence-electron chi connectivity index (χ1n) is 5.82. The monoisotopic (exact) mass is 272 g/mol. The average Bonchev–Trinajstić information content (AvgIpc) is 2.88. The number of thioether (sulfide) groups is 1. The maximum Gasteiger partial charge on any atom is 0.257 e. The van der Waals surface area contributed by atoms with Crippen molar-refractivity contribution in [2.45, 2.75) is 11.0 Å². The van der Waals surface area contributed by atoms with Crippen molar-refractivity contribution in [3.05, 3.63) is 42.4 Å². The maximum absolute atomic E-state index is 5.63. The zero-order chi connectivity index (χ0) is 13.1. The number of benzene rings is 1. The molecule has 0 atom stereocenters. The summed E-state index contributed by atoms with van der Waals surface area (Å²) in [5.41, 5.74) is 2.58. The summed E-state index contributed by atoms with van der Waals surface area (Å²) < 4.78 is 5.63. The summed E-state index contributed by atoms with van der Waals surface area (Å²) in [6.07, 6.45) is 3.46. The van der Waals surface area contributed by atoms with Gasteiger partial charge in [-0.3, -0.25) is 4.98 Å². The Labute approximate surface area is 114 Å². The molecule has 0 aliphatic heterocycles. The first-order chi connectivity index (χ1) is 9.35. The van der Waals surface area contributed by atoms with Crippen molar-refractivity contribution in [2.24, 2.45) is 0 Å². The van der Waals surface area contributed by atoms with Crippen molar-refractivity contribution in [3.63, 3.8) is 0 Å². The first kappa shape index (κ1) is 12.0. The third kappa shape index (κ3) is 2.68. The van der Waals surface area contributed by atoms with E-state index in [1.807, 2.05) is 31.3 Å². The zero-order valence-electron chi connectivity index (χ0n) is 10.3. The van der Waals surface area contributed by atoms with E-state index in [4.69, 9.17) is 4.42 Å². The number of para-hydroxylation sites is 2. The van der Waals surface area contributed by atoms with Gasteiger partial charge < -0.3 is 9.73 Å². The van der Waals surface area contributed by atoms with Crippen LogP contribution < -0.4 is 5.32 Å². The van der Waals surface area contributed by atoms with Gasteiger partial charge in [-0.1, -0.05) is 23.9 Å². The number of hydrogen-bond donors (Lipinski definition) is 1. The number of nitrogens with zero attached hydrogens (tertiary/aromatic N) is 3. The molecule has 0 amide bonds. The summed E-state index contributed by atoms with van der Waals surface area (Å²) in [4.78, 5) is 12.9. The van der Waals surface area contributed by atoms with Gasteiger partial charge in [-0.15, -0.1) is 0 Å². The highest BCUT2D eigenvalue weighted by Gasteiger charge is 2.06. The number of nitrogens with one attached hydrogen (secondary N) is 1. The normalized spacial score (nSPS) is 10.8. The maximum atomic E-state index is 5.63. The van der Waals surface area contributed by atoms with Crippen LogP contribution in [-0.4, -0.2) is 22.0 Å². The topological polar surface area (TPSA) is 63.8 Å². The summed E-state index contributed by atoms with van der Waals surface area (Å²) in [6.45, 7) is 0. The van der Waals surface area contributed by atoms with Crippen LogP contribution in [0.1, 0.15) is 5.69 Å². The predicted molar refractivity (Wildman–Crippen MR) is 75.1 cm³/mol. The Kier molecular flexibility index (Phi) is 3.33. The standard InChI is InChI=1S/C13H12N4OS/c1-14-12-7-15-9(6-16-12)8-19-13-17-10-4-2-3-5-11(10)18-13/h2-7H,8H2,1H3,(H,14,16). The number of fused-ring (bicyclic) bond motifs is 1. The van der Waals surface area contributed by atoms with Crippen molar-refractivity contribution in [3.8, 4) is 0 Å². The number of rotatable bonds is 4. The Morgan fingerprint density at radius 2 is 2.11 bits per heavy atom. The number of hydrogen-bond acceptors (Lipinski definition) is 6. The molecule has 3 aromatic rings. The SMILES string of the molecule is CNc1cnc(CSc2nc3ccccc3o2)cn1. The molecule has 1 N–H and O–H groups in total. The van der Waals surface area contributed by atoms with Gasteiger partial charge in [0.2, 0.25) is 0 Å². The Bertz CT molecular complexity index is 647. The summed E-state index contributed by atoms with van der Waals surface area (Å²) >= 11 is 1.51. The van der Waals surface area contributed by atoms with Crippen LogP contribution >= 0.6 is 11.8 Å². The minimum Gasteiger partial charge on any atom is -0.431 e. The highest BCUT2D eigenvalue weighted by molar-refractivity contribution is 7.98. The van der Waals surface area contributed by atoms with E-state index in [-0.39, 0.29) is 0 Å². The molecule has 0 bridgehead atoms. The lowest BCUT2D eigenvalue weighted by molar-refractivity contribution is 0.489. The third-order valence-electron chi connectivity index (χ3n) is 2.58. The molecule has 0 aliphatic rings. The van der Waals surface area contributed by atoms with Crippen LogP contribution in [0.2, 0.25) is 0 Å². The first-order valence-corrected chi connectivity index (χ1v) is 6.81. The lowest BCUT2D eigenvalue weighted by Gasteiger charge is -1.99. The van der Waals surface area contributed by atoms with Gasteiger partial charge in [-0.05, 0) is 12.1 Å². The molecule has 0 radical (unpaired) electrons. The number of anilines is 1. The molecule has 0 saturated heterocycles.